The van der Waals surface area contributed by atoms with E-state index in [1.54, 1.807) is 36.4 Å². The first-order valence-corrected chi connectivity index (χ1v) is 13.7. The minimum atomic E-state index is -0.828. The molecule has 7 heteroatoms. The van der Waals surface area contributed by atoms with Gasteiger partial charge >= 0.3 is 0 Å². The van der Waals surface area contributed by atoms with Crippen LogP contribution in [0.15, 0.2) is 72.3 Å². The molecule has 0 radical (unpaired) electrons. The molecule has 210 valence electrons. The highest BCUT2D eigenvalue weighted by molar-refractivity contribution is 6.46. The normalized spacial score (nSPS) is 16.7. The highest BCUT2D eigenvalue weighted by atomic mass is 19.1. The Hall–Kier alpha value is -4.13. The number of ether oxygens (including phenoxy) is 2. The van der Waals surface area contributed by atoms with Gasteiger partial charge in [0.2, 0.25) is 0 Å². The van der Waals surface area contributed by atoms with Gasteiger partial charge in [-0.15, -0.1) is 0 Å². The van der Waals surface area contributed by atoms with Gasteiger partial charge in [-0.05, 0) is 92.3 Å². The number of amides is 1. The van der Waals surface area contributed by atoms with Crippen LogP contribution in [0.1, 0.15) is 68.8 Å². The lowest BCUT2D eigenvalue weighted by atomic mass is 9.93. The van der Waals surface area contributed by atoms with Gasteiger partial charge in [0.1, 0.15) is 23.1 Å². The molecule has 0 aromatic heterocycles. The third kappa shape index (κ3) is 6.19. The first-order chi connectivity index (χ1) is 19.1. The minimum absolute atomic E-state index is 0.0182. The zero-order chi connectivity index (χ0) is 29.0. The number of likely N-dealkylation sites (tertiary alicyclic amines) is 1. The molecule has 3 aromatic carbocycles. The number of benzene rings is 3. The van der Waals surface area contributed by atoms with E-state index in [0.717, 1.165) is 11.1 Å². The maximum Gasteiger partial charge on any atom is 0.295 e. The molecule has 1 heterocycles. The Morgan fingerprint density at radius 2 is 1.73 bits per heavy atom. The molecule has 1 atom stereocenters. The van der Waals surface area contributed by atoms with Crippen molar-refractivity contribution in [2.75, 3.05) is 13.2 Å². The van der Waals surface area contributed by atoms with Crippen LogP contribution >= 0.6 is 0 Å². The largest absolute Gasteiger partial charge is 0.507 e. The third-order valence-electron chi connectivity index (χ3n) is 6.85. The van der Waals surface area contributed by atoms with E-state index in [1.807, 2.05) is 52.8 Å². The van der Waals surface area contributed by atoms with Gasteiger partial charge in [0.25, 0.3) is 11.7 Å². The Labute approximate surface area is 235 Å². The quantitative estimate of drug-likeness (QED) is 0.172. The molecule has 0 aliphatic carbocycles. The lowest BCUT2D eigenvalue weighted by Crippen LogP contribution is -2.31. The molecule has 1 unspecified atom stereocenters. The van der Waals surface area contributed by atoms with Crippen molar-refractivity contribution >= 4 is 17.4 Å². The molecule has 1 aliphatic rings. The van der Waals surface area contributed by atoms with Gasteiger partial charge in [0.05, 0.1) is 24.3 Å². The van der Waals surface area contributed by atoms with Crippen molar-refractivity contribution in [2.45, 2.75) is 59.1 Å². The summed E-state index contributed by atoms with van der Waals surface area (Å²) in [5.74, 6) is -0.623. The van der Waals surface area contributed by atoms with Crippen molar-refractivity contribution < 1.29 is 28.6 Å². The summed E-state index contributed by atoms with van der Waals surface area (Å²) in [6.07, 6.45) is 0.338. The summed E-state index contributed by atoms with van der Waals surface area (Å²) in [7, 11) is 0. The molecule has 1 aliphatic heterocycles. The maximum absolute atomic E-state index is 13.5. The Morgan fingerprint density at radius 3 is 2.38 bits per heavy atom. The lowest BCUT2D eigenvalue weighted by Gasteiger charge is -2.26. The Morgan fingerprint density at radius 1 is 1.00 bits per heavy atom. The minimum Gasteiger partial charge on any atom is -0.507 e. The second-order valence-electron chi connectivity index (χ2n) is 10.4. The Kier molecular flexibility index (Phi) is 8.93. The number of halogens is 1. The van der Waals surface area contributed by atoms with Crippen molar-refractivity contribution in [2.24, 2.45) is 0 Å². The number of aliphatic hydroxyl groups is 1. The maximum atomic E-state index is 13.5. The van der Waals surface area contributed by atoms with E-state index in [9.17, 15) is 19.1 Å². The number of Topliss-reactive ketones (excluding diaryl/α,β-unsaturated/α-hetero) is 1. The van der Waals surface area contributed by atoms with Crippen molar-refractivity contribution in [3.63, 3.8) is 0 Å². The van der Waals surface area contributed by atoms with E-state index < -0.39 is 17.7 Å². The van der Waals surface area contributed by atoms with Crippen LogP contribution in [0, 0.1) is 5.82 Å². The van der Waals surface area contributed by atoms with Crippen LogP contribution in [0.25, 0.3) is 5.76 Å². The van der Waals surface area contributed by atoms with Gasteiger partial charge in [0, 0.05) is 12.1 Å². The third-order valence-corrected chi connectivity index (χ3v) is 6.85. The van der Waals surface area contributed by atoms with E-state index in [2.05, 4.69) is 0 Å². The van der Waals surface area contributed by atoms with Crippen LogP contribution in [-0.2, 0) is 16.0 Å². The molecule has 0 spiro atoms. The lowest BCUT2D eigenvalue weighted by molar-refractivity contribution is -0.139. The number of nitrogens with zero attached hydrogens (tertiary/aromatic N) is 1. The number of carbonyl (C=O) groups is 2. The summed E-state index contributed by atoms with van der Waals surface area (Å²) < 4.78 is 25.1. The van der Waals surface area contributed by atoms with Crippen molar-refractivity contribution in [3.05, 3.63) is 100 Å². The molecular weight excluding hydrogens is 509 g/mol. The highest BCUT2D eigenvalue weighted by Gasteiger charge is 2.46. The smallest absolute Gasteiger partial charge is 0.295 e. The molecule has 0 bridgehead atoms. The van der Waals surface area contributed by atoms with Crippen LogP contribution in [0.4, 0.5) is 4.39 Å². The summed E-state index contributed by atoms with van der Waals surface area (Å²) in [4.78, 5) is 28.4. The Balaban J connectivity index is 1.82. The molecule has 4 rings (SSSR count). The molecular formula is C33H36FNO5. The van der Waals surface area contributed by atoms with Crippen LogP contribution in [0.5, 0.6) is 11.5 Å². The molecule has 1 saturated heterocycles. The fraction of sp³-hybridized carbons (Fsp3) is 0.333. The van der Waals surface area contributed by atoms with Gasteiger partial charge in [-0.25, -0.2) is 4.39 Å². The van der Waals surface area contributed by atoms with E-state index in [0.29, 0.717) is 35.7 Å². The standard InChI is InChI=1S/C33H36FNO5/c1-6-39-28-15-12-24(19-27(28)20(2)3)31(36)29-30(23-8-7-9-26(18-23)40-21(4)5)35(33(38)32(29)37)17-16-22-10-13-25(34)14-11-22/h7-15,18-21,30,36H,6,16-17H2,1-5H3/b31-29+. The highest BCUT2D eigenvalue weighted by Crippen LogP contribution is 2.41. The van der Waals surface area contributed by atoms with Crippen molar-refractivity contribution in [1.82, 2.24) is 4.90 Å². The zero-order valence-electron chi connectivity index (χ0n) is 23.6. The average molecular weight is 546 g/mol. The van der Waals surface area contributed by atoms with Gasteiger partial charge in [-0.3, -0.25) is 9.59 Å². The van der Waals surface area contributed by atoms with Crippen molar-refractivity contribution in [1.29, 1.82) is 0 Å². The number of hydrogen-bond donors (Lipinski definition) is 1. The van der Waals surface area contributed by atoms with Gasteiger partial charge < -0.3 is 19.5 Å². The second kappa shape index (κ2) is 12.4. The molecule has 3 aromatic rings. The number of ketones is 1. The molecule has 0 saturated carbocycles. The van der Waals surface area contributed by atoms with Crippen LogP contribution < -0.4 is 9.47 Å². The summed E-state index contributed by atoms with van der Waals surface area (Å²) in [6, 6.07) is 17.8. The first kappa shape index (κ1) is 28.9. The average Bonchev–Trinajstić information content (AvgIpc) is 3.17. The van der Waals surface area contributed by atoms with Gasteiger partial charge in [-0.1, -0.05) is 38.1 Å². The zero-order valence-corrected chi connectivity index (χ0v) is 23.6. The predicted molar refractivity (Wildman–Crippen MR) is 153 cm³/mol. The van der Waals surface area contributed by atoms with Crippen LogP contribution in [0.3, 0.4) is 0 Å². The van der Waals surface area contributed by atoms with Crippen molar-refractivity contribution in [3.8, 4) is 11.5 Å². The SMILES string of the molecule is CCOc1ccc(/C(O)=C2\C(=O)C(=O)N(CCc3ccc(F)cc3)C2c2cccc(OC(C)C)c2)cc1C(C)C. The predicted octanol–water partition coefficient (Wildman–Crippen LogP) is 6.80. The molecule has 1 N–H and O–H groups in total. The summed E-state index contributed by atoms with van der Waals surface area (Å²) in [5.41, 5.74) is 2.81. The molecule has 1 amide bonds. The first-order valence-electron chi connectivity index (χ1n) is 13.7. The summed E-state index contributed by atoms with van der Waals surface area (Å²) >= 11 is 0. The van der Waals surface area contributed by atoms with E-state index in [1.165, 1.54) is 17.0 Å². The van der Waals surface area contributed by atoms with Crippen LogP contribution in [0.2, 0.25) is 0 Å². The monoisotopic (exact) mass is 545 g/mol. The summed E-state index contributed by atoms with van der Waals surface area (Å²) in [6.45, 7) is 10.5. The van der Waals surface area contributed by atoms with Gasteiger partial charge in [0.15, 0.2) is 0 Å². The fourth-order valence-electron chi connectivity index (χ4n) is 4.98. The fourth-order valence-corrected chi connectivity index (χ4v) is 4.98. The van der Waals surface area contributed by atoms with Gasteiger partial charge in [-0.2, -0.15) is 0 Å². The number of carbonyl (C=O) groups excluding carboxylic acids is 2. The molecule has 6 nitrogen and oxygen atoms in total. The van der Waals surface area contributed by atoms with E-state index in [-0.39, 0.29) is 35.7 Å². The number of aliphatic hydroxyl groups excluding tert-OH is 1. The number of rotatable bonds is 10. The topological polar surface area (TPSA) is 76.1 Å². The van der Waals surface area contributed by atoms with E-state index in [4.69, 9.17) is 9.47 Å². The van der Waals surface area contributed by atoms with E-state index >= 15 is 0 Å². The number of hydrogen-bond acceptors (Lipinski definition) is 5. The summed E-state index contributed by atoms with van der Waals surface area (Å²) in [5, 5.41) is 11.6. The molecule has 40 heavy (non-hydrogen) atoms. The van der Waals surface area contributed by atoms with Crippen LogP contribution in [-0.4, -0.2) is 41.0 Å². The Bertz CT molecular complexity index is 1410. The second-order valence-corrected chi connectivity index (χ2v) is 10.4. The molecule has 1 fully saturated rings.